The molecule has 0 bridgehead atoms. The zero-order valence-electron chi connectivity index (χ0n) is 20.1. The van der Waals surface area contributed by atoms with Crippen molar-refractivity contribution in [1.29, 1.82) is 0 Å². The number of benzene rings is 4. The fraction of sp³-hybridized carbons (Fsp3) is 0.226. The van der Waals surface area contributed by atoms with Gasteiger partial charge in [-0.25, -0.2) is 13.2 Å². The quantitative estimate of drug-likeness (QED) is 0.160. The lowest BCUT2D eigenvalue weighted by Gasteiger charge is -2.11. The average Bonchev–Trinajstić information content (AvgIpc) is 2.85. The fourth-order valence-electron chi connectivity index (χ4n) is 4.50. The van der Waals surface area contributed by atoms with E-state index in [0.717, 1.165) is 24.8 Å². The topological polar surface area (TPSA) is 0 Å². The van der Waals surface area contributed by atoms with Gasteiger partial charge in [0.1, 0.15) is 17.5 Å². The maximum absolute atomic E-state index is 15.1. The highest BCUT2D eigenvalue weighted by Gasteiger charge is 2.13. The molecule has 0 aliphatic heterocycles. The summed E-state index contributed by atoms with van der Waals surface area (Å²) in [6.07, 6.45) is 5.03. The van der Waals surface area contributed by atoms with Gasteiger partial charge < -0.3 is 0 Å². The summed E-state index contributed by atoms with van der Waals surface area (Å²) in [7, 11) is 0. The molecule has 0 spiro atoms. The minimum absolute atomic E-state index is 0.165. The molecule has 0 nitrogen and oxygen atoms in total. The largest absolute Gasteiger partial charge is 0.271 e. The van der Waals surface area contributed by atoms with E-state index in [-0.39, 0.29) is 22.3 Å². The minimum Gasteiger partial charge on any atom is -0.206 e. The fourth-order valence-corrected chi connectivity index (χ4v) is 4.50. The molecule has 4 aromatic rings. The molecule has 0 aromatic heterocycles. The first-order valence-corrected chi connectivity index (χ1v) is 12.2. The Hall–Kier alpha value is -3.47. The first-order chi connectivity index (χ1) is 17.4. The monoisotopic (exact) mass is 494 g/mol. The van der Waals surface area contributed by atoms with Crippen molar-refractivity contribution in [3.8, 4) is 22.3 Å². The maximum Gasteiger partial charge on any atom is 0.271 e. The van der Waals surface area contributed by atoms with E-state index in [9.17, 15) is 17.6 Å². The predicted molar refractivity (Wildman–Crippen MR) is 137 cm³/mol. The number of hydrogen-bond donors (Lipinski definition) is 0. The smallest absolute Gasteiger partial charge is 0.206 e. The van der Waals surface area contributed by atoms with Crippen LogP contribution in [0.15, 0.2) is 72.8 Å². The van der Waals surface area contributed by atoms with E-state index in [1.807, 2.05) is 6.07 Å². The van der Waals surface area contributed by atoms with Crippen LogP contribution in [0.25, 0.3) is 39.1 Å². The second-order valence-corrected chi connectivity index (χ2v) is 9.01. The van der Waals surface area contributed by atoms with Crippen molar-refractivity contribution in [1.82, 2.24) is 0 Å². The normalized spacial score (nSPS) is 11.2. The van der Waals surface area contributed by atoms with Crippen LogP contribution in [-0.4, -0.2) is 0 Å². The lowest BCUT2D eigenvalue weighted by atomic mass is 9.96. The third kappa shape index (κ3) is 5.84. The van der Waals surface area contributed by atoms with Crippen molar-refractivity contribution in [2.75, 3.05) is 0 Å². The molecule has 4 aromatic carbocycles. The Kier molecular flexibility index (Phi) is 8.19. The van der Waals surface area contributed by atoms with Crippen molar-refractivity contribution in [2.45, 2.75) is 45.4 Å². The molecular formula is C31H27F5. The zero-order valence-corrected chi connectivity index (χ0v) is 20.1. The number of aryl methyl sites for hydroxylation is 1. The van der Waals surface area contributed by atoms with Gasteiger partial charge in [0.2, 0.25) is 0 Å². The lowest BCUT2D eigenvalue weighted by molar-refractivity contribution is 0.429. The number of halogens is 5. The van der Waals surface area contributed by atoms with E-state index in [2.05, 4.69) is 6.92 Å². The molecule has 0 aliphatic carbocycles. The summed E-state index contributed by atoms with van der Waals surface area (Å²) in [5.74, 6) is -1.68. The van der Waals surface area contributed by atoms with E-state index in [0.29, 0.717) is 28.2 Å². The highest BCUT2D eigenvalue weighted by Crippen LogP contribution is 2.33. The number of unbranched alkanes of at least 4 members (excludes halogenated alkanes) is 4. The third-order valence-corrected chi connectivity index (χ3v) is 6.44. The molecule has 186 valence electrons. The second-order valence-electron chi connectivity index (χ2n) is 9.01. The summed E-state index contributed by atoms with van der Waals surface area (Å²) in [6.45, 7) is 2.17. The van der Waals surface area contributed by atoms with E-state index >= 15 is 4.39 Å². The molecular weight excluding hydrogens is 467 g/mol. The van der Waals surface area contributed by atoms with Gasteiger partial charge in [0.15, 0.2) is 0 Å². The Morgan fingerprint density at radius 1 is 0.694 bits per heavy atom. The second kappa shape index (κ2) is 11.5. The van der Waals surface area contributed by atoms with Gasteiger partial charge in [-0.05, 0) is 53.1 Å². The Morgan fingerprint density at radius 3 is 2.06 bits per heavy atom. The molecule has 4 rings (SSSR count). The van der Waals surface area contributed by atoms with Crippen LogP contribution in [0.2, 0.25) is 0 Å². The van der Waals surface area contributed by atoms with Crippen LogP contribution in [0.4, 0.5) is 22.0 Å². The number of hydrogen-bond acceptors (Lipinski definition) is 0. The summed E-state index contributed by atoms with van der Waals surface area (Å²) in [6, 6.07) is 17.0. The van der Waals surface area contributed by atoms with E-state index in [1.54, 1.807) is 30.3 Å². The Labute approximate surface area is 208 Å². The predicted octanol–water partition coefficient (Wildman–Crippen LogP) is 10.3. The van der Waals surface area contributed by atoms with Crippen LogP contribution >= 0.6 is 0 Å². The average molecular weight is 495 g/mol. The summed E-state index contributed by atoms with van der Waals surface area (Å²) in [5.41, 5.74) is 2.27. The SMILES string of the molecule is CCCCCCCc1ccc(-c2ccc(-c3ccc4c(F)c(C=C(F)F)ccc4c3)c(F)c2)c(F)c1. The van der Waals surface area contributed by atoms with Gasteiger partial charge in [-0.3, -0.25) is 0 Å². The van der Waals surface area contributed by atoms with Crippen molar-refractivity contribution >= 4 is 16.8 Å². The van der Waals surface area contributed by atoms with Gasteiger partial charge >= 0.3 is 0 Å². The lowest BCUT2D eigenvalue weighted by Crippen LogP contribution is -1.93. The van der Waals surface area contributed by atoms with Crippen LogP contribution in [0, 0.1) is 17.5 Å². The third-order valence-electron chi connectivity index (χ3n) is 6.44. The molecule has 5 heteroatoms. The van der Waals surface area contributed by atoms with Gasteiger partial charge in [-0.2, -0.15) is 8.78 Å². The standard InChI is InChI=1S/C31H27F5/c1-2-3-4-5-6-7-20-8-13-25(28(32)16-20)23-11-14-26(29(33)18-23)21-12-15-27-22(17-21)9-10-24(31(27)36)19-30(34)35/h8-19H,2-7H2,1H3. The molecule has 0 radical (unpaired) electrons. The molecule has 0 amide bonds. The Balaban J connectivity index is 1.56. The van der Waals surface area contributed by atoms with E-state index in [4.69, 9.17) is 0 Å². The molecule has 0 unspecified atom stereocenters. The van der Waals surface area contributed by atoms with Gasteiger partial charge in [-0.15, -0.1) is 0 Å². The van der Waals surface area contributed by atoms with E-state index in [1.165, 1.54) is 49.6 Å². The highest BCUT2D eigenvalue weighted by molar-refractivity contribution is 5.90. The summed E-state index contributed by atoms with van der Waals surface area (Å²) in [5, 5.41) is 0.625. The highest BCUT2D eigenvalue weighted by atomic mass is 19.3. The Bertz CT molecular complexity index is 1400. The zero-order chi connectivity index (χ0) is 25.7. The minimum atomic E-state index is -1.99. The molecule has 0 heterocycles. The van der Waals surface area contributed by atoms with Crippen LogP contribution in [0.1, 0.15) is 50.2 Å². The van der Waals surface area contributed by atoms with Crippen molar-refractivity contribution in [3.63, 3.8) is 0 Å². The maximum atomic E-state index is 15.1. The van der Waals surface area contributed by atoms with Crippen LogP contribution in [0.3, 0.4) is 0 Å². The van der Waals surface area contributed by atoms with Gasteiger partial charge in [0.25, 0.3) is 6.08 Å². The first kappa shape index (κ1) is 25.6. The van der Waals surface area contributed by atoms with Crippen LogP contribution in [-0.2, 0) is 6.42 Å². The molecule has 0 atom stereocenters. The van der Waals surface area contributed by atoms with Crippen molar-refractivity contribution in [2.24, 2.45) is 0 Å². The van der Waals surface area contributed by atoms with E-state index < -0.39 is 17.7 Å². The van der Waals surface area contributed by atoms with Crippen molar-refractivity contribution in [3.05, 3.63) is 101 Å². The van der Waals surface area contributed by atoms with Gasteiger partial charge in [0, 0.05) is 28.2 Å². The molecule has 36 heavy (non-hydrogen) atoms. The molecule has 0 aliphatic rings. The summed E-state index contributed by atoms with van der Waals surface area (Å²) >= 11 is 0. The van der Waals surface area contributed by atoms with Crippen LogP contribution in [0.5, 0.6) is 0 Å². The molecule has 0 saturated carbocycles. The van der Waals surface area contributed by atoms with Gasteiger partial charge in [0.05, 0.1) is 0 Å². The molecule has 0 N–H and O–H groups in total. The molecule has 0 saturated heterocycles. The summed E-state index contributed by atoms with van der Waals surface area (Å²) < 4.78 is 69.6. The number of fused-ring (bicyclic) bond motifs is 1. The van der Waals surface area contributed by atoms with Crippen molar-refractivity contribution < 1.29 is 22.0 Å². The number of rotatable bonds is 9. The molecule has 0 fully saturated rings. The summed E-state index contributed by atoms with van der Waals surface area (Å²) in [4.78, 5) is 0. The van der Waals surface area contributed by atoms with Crippen LogP contribution < -0.4 is 0 Å². The van der Waals surface area contributed by atoms with Gasteiger partial charge in [-0.1, -0.05) is 81.1 Å². The first-order valence-electron chi connectivity index (χ1n) is 12.2. The Morgan fingerprint density at radius 2 is 1.36 bits per heavy atom.